The lowest BCUT2D eigenvalue weighted by Gasteiger charge is -2.24. The Kier molecular flexibility index (Phi) is 4.06. The van der Waals surface area contributed by atoms with E-state index < -0.39 is 0 Å². The summed E-state index contributed by atoms with van der Waals surface area (Å²) in [6.45, 7) is 6.05. The minimum atomic E-state index is 0.438. The van der Waals surface area contributed by atoms with Gasteiger partial charge in [0, 0.05) is 30.5 Å². The molecule has 5 heteroatoms. The minimum absolute atomic E-state index is 0.438. The molecule has 0 amide bonds. The Morgan fingerprint density at radius 3 is 2.68 bits per heavy atom. The predicted octanol–water partition coefficient (Wildman–Crippen LogP) is 1.47. The van der Waals surface area contributed by atoms with E-state index in [2.05, 4.69) is 34.9 Å². The molecular formula is C14H22N4S. The molecule has 0 spiro atoms. The van der Waals surface area contributed by atoms with Crippen LogP contribution in [0.4, 0.5) is 5.69 Å². The summed E-state index contributed by atoms with van der Waals surface area (Å²) in [6.07, 6.45) is 1.17. The van der Waals surface area contributed by atoms with Gasteiger partial charge in [-0.1, -0.05) is 12.2 Å². The standard InChI is InChI=1S/C14H22N4S/c1-9-7-12(13(14(15)19)10(2)16-9)18-6-5-11(8-18)17(3)4/h7,11H,5-6,8H2,1-4H3,(H2,15,19). The van der Waals surface area contributed by atoms with Crippen molar-refractivity contribution in [2.45, 2.75) is 26.3 Å². The van der Waals surface area contributed by atoms with Gasteiger partial charge in [0.15, 0.2) is 0 Å². The zero-order valence-corrected chi connectivity index (χ0v) is 12.9. The maximum absolute atomic E-state index is 5.88. The molecule has 0 saturated carbocycles. The Morgan fingerprint density at radius 2 is 2.16 bits per heavy atom. The van der Waals surface area contributed by atoms with Crippen LogP contribution < -0.4 is 10.6 Å². The monoisotopic (exact) mass is 278 g/mol. The third-order valence-corrected chi connectivity index (χ3v) is 3.99. The molecule has 1 aromatic rings. The van der Waals surface area contributed by atoms with E-state index in [-0.39, 0.29) is 0 Å². The molecule has 19 heavy (non-hydrogen) atoms. The zero-order chi connectivity index (χ0) is 14.2. The van der Waals surface area contributed by atoms with Gasteiger partial charge in [-0.25, -0.2) is 0 Å². The molecule has 1 atom stereocenters. The van der Waals surface area contributed by atoms with Gasteiger partial charge in [0.2, 0.25) is 0 Å². The van der Waals surface area contributed by atoms with Gasteiger partial charge in [-0.05, 0) is 40.4 Å². The van der Waals surface area contributed by atoms with E-state index in [1.54, 1.807) is 0 Å². The normalized spacial score (nSPS) is 19.2. The van der Waals surface area contributed by atoms with E-state index in [0.29, 0.717) is 11.0 Å². The number of pyridine rings is 1. The van der Waals surface area contributed by atoms with Crippen LogP contribution in [0.2, 0.25) is 0 Å². The second-order valence-corrected chi connectivity index (χ2v) is 5.90. The molecule has 2 N–H and O–H groups in total. The average molecular weight is 278 g/mol. The number of likely N-dealkylation sites (N-methyl/N-ethyl adjacent to an activating group) is 1. The largest absolute Gasteiger partial charge is 0.389 e. The molecule has 1 unspecified atom stereocenters. The van der Waals surface area contributed by atoms with Gasteiger partial charge in [0.05, 0.1) is 11.3 Å². The highest BCUT2D eigenvalue weighted by Crippen LogP contribution is 2.28. The van der Waals surface area contributed by atoms with Crippen molar-refractivity contribution < 1.29 is 0 Å². The van der Waals surface area contributed by atoms with Crippen molar-refractivity contribution in [3.8, 4) is 0 Å². The summed E-state index contributed by atoms with van der Waals surface area (Å²) < 4.78 is 0. The topological polar surface area (TPSA) is 45.4 Å². The molecular weight excluding hydrogens is 256 g/mol. The number of anilines is 1. The highest BCUT2D eigenvalue weighted by Gasteiger charge is 2.27. The molecule has 1 fully saturated rings. The van der Waals surface area contributed by atoms with Crippen LogP contribution >= 0.6 is 12.2 Å². The summed E-state index contributed by atoms with van der Waals surface area (Å²) in [7, 11) is 4.26. The molecule has 0 aliphatic carbocycles. The van der Waals surface area contributed by atoms with Crippen LogP contribution in [-0.4, -0.2) is 48.1 Å². The Labute approximate surface area is 120 Å². The highest BCUT2D eigenvalue weighted by molar-refractivity contribution is 7.80. The quantitative estimate of drug-likeness (QED) is 0.848. The summed E-state index contributed by atoms with van der Waals surface area (Å²) in [5.74, 6) is 0. The van der Waals surface area contributed by atoms with E-state index in [9.17, 15) is 0 Å². The molecule has 2 heterocycles. The van der Waals surface area contributed by atoms with Crippen LogP contribution in [0, 0.1) is 13.8 Å². The van der Waals surface area contributed by atoms with Gasteiger partial charge < -0.3 is 15.5 Å². The number of nitrogens with two attached hydrogens (primary N) is 1. The van der Waals surface area contributed by atoms with Crippen molar-refractivity contribution in [1.29, 1.82) is 0 Å². The van der Waals surface area contributed by atoms with Gasteiger partial charge in [0.1, 0.15) is 4.99 Å². The molecule has 1 aliphatic heterocycles. The molecule has 104 valence electrons. The molecule has 1 aromatic heterocycles. The Bertz CT molecular complexity index is 498. The third kappa shape index (κ3) is 2.87. The lowest BCUT2D eigenvalue weighted by Crippen LogP contribution is -2.32. The highest BCUT2D eigenvalue weighted by atomic mass is 32.1. The number of aromatic nitrogens is 1. The zero-order valence-electron chi connectivity index (χ0n) is 12.1. The minimum Gasteiger partial charge on any atom is -0.389 e. The van der Waals surface area contributed by atoms with E-state index >= 15 is 0 Å². The maximum atomic E-state index is 5.88. The van der Waals surface area contributed by atoms with Crippen molar-refractivity contribution in [2.24, 2.45) is 5.73 Å². The summed E-state index contributed by atoms with van der Waals surface area (Å²) in [5, 5.41) is 0. The fraction of sp³-hybridized carbons (Fsp3) is 0.571. The van der Waals surface area contributed by atoms with Crippen molar-refractivity contribution in [3.63, 3.8) is 0 Å². The SMILES string of the molecule is Cc1cc(N2CCC(N(C)C)C2)c(C(N)=S)c(C)n1. The van der Waals surface area contributed by atoms with Crippen LogP contribution in [0.3, 0.4) is 0 Å². The smallest absolute Gasteiger partial charge is 0.107 e. The molecule has 0 aromatic carbocycles. The first-order valence-electron chi connectivity index (χ1n) is 6.59. The molecule has 0 bridgehead atoms. The third-order valence-electron chi connectivity index (χ3n) is 3.79. The van der Waals surface area contributed by atoms with Gasteiger partial charge in [0.25, 0.3) is 0 Å². The Hall–Kier alpha value is -1.20. The van der Waals surface area contributed by atoms with Crippen molar-refractivity contribution >= 4 is 22.9 Å². The van der Waals surface area contributed by atoms with Crippen LogP contribution in [0.15, 0.2) is 6.07 Å². The molecule has 1 aliphatic rings. The fourth-order valence-electron chi connectivity index (χ4n) is 2.74. The number of aryl methyl sites for hydroxylation is 2. The second-order valence-electron chi connectivity index (χ2n) is 5.46. The number of thiocarbonyl (C=S) groups is 1. The van der Waals surface area contributed by atoms with Gasteiger partial charge in [-0.2, -0.15) is 0 Å². The number of rotatable bonds is 3. The summed E-state index contributed by atoms with van der Waals surface area (Å²) in [6, 6.07) is 2.69. The predicted molar refractivity (Wildman–Crippen MR) is 83.9 cm³/mol. The first kappa shape index (κ1) is 14.2. The Balaban J connectivity index is 2.37. The fourth-order valence-corrected chi connectivity index (χ4v) is 3.00. The van der Waals surface area contributed by atoms with Crippen molar-refractivity contribution in [3.05, 3.63) is 23.0 Å². The number of hydrogen-bond acceptors (Lipinski definition) is 4. The van der Waals surface area contributed by atoms with E-state index in [0.717, 1.165) is 35.7 Å². The van der Waals surface area contributed by atoms with Crippen molar-refractivity contribution in [2.75, 3.05) is 32.1 Å². The molecule has 0 radical (unpaired) electrons. The van der Waals surface area contributed by atoms with Crippen molar-refractivity contribution in [1.82, 2.24) is 9.88 Å². The van der Waals surface area contributed by atoms with Crippen LogP contribution in [0.5, 0.6) is 0 Å². The second kappa shape index (κ2) is 5.43. The summed E-state index contributed by atoms with van der Waals surface area (Å²) in [4.78, 5) is 9.57. The number of hydrogen-bond donors (Lipinski definition) is 1. The van der Waals surface area contributed by atoms with Gasteiger partial charge in [-0.15, -0.1) is 0 Å². The average Bonchev–Trinajstić information content (AvgIpc) is 2.76. The van der Waals surface area contributed by atoms with E-state index in [1.165, 1.54) is 6.42 Å². The lowest BCUT2D eigenvalue weighted by atomic mass is 10.1. The summed E-state index contributed by atoms with van der Waals surface area (Å²) in [5.41, 5.74) is 9.89. The van der Waals surface area contributed by atoms with Crippen LogP contribution in [0.25, 0.3) is 0 Å². The van der Waals surface area contributed by atoms with Crippen LogP contribution in [-0.2, 0) is 0 Å². The molecule has 1 saturated heterocycles. The first-order valence-corrected chi connectivity index (χ1v) is 7.00. The number of nitrogens with zero attached hydrogens (tertiary/aromatic N) is 3. The molecule has 4 nitrogen and oxygen atoms in total. The maximum Gasteiger partial charge on any atom is 0.107 e. The Morgan fingerprint density at radius 1 is 1.47 bits per heavy atom. The first-order chi connectivity index (χ1) is 8.90. The van der Waals surface area contributed by atoms with Gasteiger partial charge >= 0.3 is 0 Å². The van der Waals surface area contributed by atoms with E-state index in [1.807, 2.05) is 13.8 Å². The van der Waals surface area contributed by atoms with Gasteiger partial charge in [-0.3, -0.25) is 4.98 Å². The van der Waals surface area contributed by atoms with E-state index in [4.69, 9.17) is 18.0 Å². The summed E-state index contributed by atoms with van der Waals surface area (Å²) >= 11 is 5.20. The lowest BCUT2D eigenvalue weighted by molar-refractivity contribution is 0.315. The molecule has 2 rings (SSSR count). The van der Waals surface area contributed by atoms with Crippen LogP contribution in [0.1, 0.15) is 23.4 Å².